The predicted octanol–water partition coefficient (Wildman–Crippen LogP) is 2.77. The lowest BCUT2D eigenvalue weighted by molar-refractivity contribution is -0.138. The molecule has 1 aliphatic rings. The monoisotopic (exact) mass is 439 g/mol. The van der Waals surface area contributed by atoms with Crippen molar-refractivity contribution in [3.63, 3.8) is 0 Å². The Morgan fingerprint density at radius 3 is 2.61 bits per heavy atom. The molecule has 168 valence electrons. The first-order valence-corrected chi connectivity index (χ1v) is 9.84. The molecule has 3 rings (SSSR count). The van der Waals surface area contributed by atoms with E-state index in [-0.39, 0.29) is 18.0 Å². The standard InChI is InChI=1S/C20H24F3N5O3/c1-12-8-25-18(26-9-12)28-5-4-27(11-13(28)2)19(30)31-14(3)6-15-7-16(20(21,22)23)17(29)24-10-15/h7-10,13-14H,4-6,11H2,1-3H3,(H,24,29). The molecule has 0 bridgehead atoms. The molecule has 1 aliphatic heterocycles. The van der Waals surface area contributed by atoms with Crippen LogP contribution in [0.3, 0.4) is 0 Å². The number of nitrogens with zero attached hydrogens (tertiary/aromatic N) is 4. The topological polar surface area (TPSA) is 91.4 Å². The number of amides is 1. The SMILES string of the molecule is Cc1cnc(N2CCN(C(=O)OC(C)Cc3c[nH]c(=O)c(C(F)(F)F)c3)CC2C)nc1. The van der Waals surface area contributed by atoms with Crippen LogP contribution < -0.4 is 10.5 Å². The van der Waals surface area contributed by atoms with Gasteiger partial charge in [-0.05, 0) is 38.0 Å². The van der Waals surface area contributed by atoms with Gasteiger partial charge in [-0.2, -0.15) is 13.2 Å². The molecule has 2 unspecified atom stereocenters. The van der Waals surface area contributed by atoms with Crippen molar-refractivity contribution in [1.82, 2.24) is 19.9 Å². The zero-order valence-electron chi connectivity index (χ0n) is 17.4. The molecular weight excluding hydrogens is 415 g/mol. The molecule has 31 heavy (non-hydrogen) atoms. The number of H-pyrrole nitrogens is 1. The molecule has 2 aromatic heterocycles. The largest absolute Gasteiger partial charge is 0.446 e. The smallest absolute Gasteiger partial charge is 0.421 e. The van der Waals surface area contributed by atoms with Gasteiger partial charge in [0.15, 0.2) is 0 Å². The van der Waals surface area contributed by atoms with E-state index in [1.54, 1.807) is 24.2 Å². The number of aromatic nitrogens is 3. The average Bonchev–Trinajstić information content (AvgIpc) is 2.69. The second kappa shape index (κ2) is 8.94. The lowest BCUT2D eigenvalue weighted by atomic mass is 10.1. The summed E-state index contributed by atoms with van der Waals surface area (Å²) < 4.78 is 44.1. The summed E-state index contributed by atoms with van der Waals surface area (Å²) in [5.74, 6) is 0.595. The molecule has 1 fully saturated rings. The summed E-state index contributed by atoms with van der Waals surface area (Å²) >= 11 is 0. The van der Waals surface area contributed by atoms with Crippen LogP contribution in [-0.2, 0) is 17.3 Å². The Labute approximate surface area is 177 Å². The Hall–Kier alpha value is -3.11. The normalized spacial score (nSPS) is 18.1. The average molecular weight is 439 g/mol. The van der Waals surface area contributed by atoms with E-state index in [9.17, 15) is 22.8 Å². The molecule has 8 nitrogen and oxygen atoms in total. The Morgan fingerprint density at radius 2 is 2.00 bits per heavy atom. The van der Waals surface area contributed by atoms with Crippen molar-refractivity contribution in [2.45, 2.75) is 45.5 Å². The van der Waals surface area contributed by atoms with Gasteiger partial charge in [0.05, 0.1) is 0 Å². The van der Waals surface area contributed by atoms with E-state index in [0.29, 0.717) is 25.6 Å². The Kier molecular flexibility index (Phi) is 6.51. The first-order valence-electron chi connectivity index (χ1n) is 9.84. The van der Waals surface area contributed by atoms with E-state index in [4.69, 9.17) is 4.74 Å². The number of carbonyl (C=O) groups is 1. The van der Waals surface area contributed by atoms with Crippen LogP contribution >= 0.6 is 0 Å². The minimum absolute atomic E-state index is 0.0344. The molecule has 1 amide bonds. The highest BCUT2D eigenvalue weighted by Gasteiger charge is 2.34. The quantitative estimate of drug-likeness (QED) is 0.788. The van der Waals surface area contributed by atoms with Crippen LogP contribution in [0.25, 0.3) is 0 Å². The number of aryl methyl sites for hydroxylation is 1. The highest BCUT2D eigenvalue weighted by molar-refractivity contribution is 5.68. The third-order valence-electron chi connectivity index (χ3n) is 5.00. The highest BCUT2D eigenvalue weighted by Crippen LogP contribution is 2.27. The van der Waals surface area contributed by atoms with E-state index in [1.165, 1.54) is 6.20 Å². The van der Waals surface area contributed by atoms with Gasteiger partial charge in [0.25, 0.3) is 5.56 Å². The summed E-state index contributed by atoms with van der Waals surface area (Å²) in [6, 6.07) is 0.749. The van der Waals surface area contributed by atoms with E-state index >= 15 is 0 Å². The van der Waals surface area contributed by atoms with E-state index in [2.05, 4.69) is 15.0 Å². The predicted molar refractivity (Wildman–Crippen MR) is 107 cm³/mol. The molecule has 0 radical (unpaired) electrons. The van der Waals surface area contributed by atoms with Crippen molar-refractivity contribution in [3.05, 3.63) is 51.7 Å². The number of nitrogens with one attached hydrogen (secondary N) is 1. The third kappa shape index (κ3) is 5.53. The van der Waals surface area contributed by atoms with Crippen LogP contribution in [0.15, 0.2) is 29.5 Å². The van der Waals surface area contributed by atoms with Crippen LogP contribution in [-0.4, -0.2) is 57.7 Å². The number of alkyl halides is 3. The van der Waals surface area contributed by atoms with Gasteiger partial charge in [-0.15, -0.1) is 0 Å². The summed E-state index contributed by atoms with van der Waals surface area (Å²) in [5, 5.41) is 0. The van der Waals surface area contributed by atoms with Crippen molar-refractivity contribution in [3.8, 4) is 0 Å². The Morgan fingerprint density at radius 1 is 1.32 bits per heavy atom. The van der Waals surface area contributed by atoms with Gasteiger partial charge in [0, 0.05) is 50.7 Å². The molecule has 11 heteroatoms. The number of aromatic amines is 1. The fourth-order valence-corrected chi connectivity index (χ4v) is 3.43. The fourth-order valence-electron chi connectivity index (χ4n) is 3.43. The number of hydrogen-bond acceptors (Lipinski definition) is 6. The zero-order valence-corrected chi connectivity index (χ0v) is 17.4. The maximum Gasteiger partial charge on any atom is 0.421 e. The van der Waals surface area contributed by atoms with Crippen LogP contribution in [0.4, 0.5) is 23.9 Å². The van der Waals surface area contributed by atoms with Crippen molar-refractivity contribution in [2.75, 3.05) is 24.5 Å². The van der Waals surface area contributed by atoms with Crippen LogP contribution in [0.1, 0.15) is 30.5 Å². The number of halogens is 3. The summed E-state index contributed by atoms with van der Waals surface area (Å²) in [6.07, 6.45) is -1.25. The minimum atomic E-state index is -4.75. The molecule has 0 saturated carbocycles. The highest BCUT2D eigenvalue weighted by atomic mass is 19.4. The second-order valence-corrected chi connectivity index (χ2v) is 7.70. The second-order valence-electron chi connectivity index (χ2n) is 7.70. The molecule has 2 atom stereocenters. The van der Waals surface area contributed by atoms with Crippen LogP contribution in [0.5, 0.6) is 0 Å². The van der Waals surface area contributed by atoms with E-state index in [0.717, 1.165) is 11.6 Å². The molecule has 0 spiro atoms. The van der Waals surface area contributed by atoms with Gasteiger partial charge in [0.1, 0.15) is 11.7 Å². The van der Waals surface area contributed by atoms with E-state index in [1.807, 2.05) is 18.7 Å². The third-order valence-corrected chi connectivity index (χ3v) is 5.00. The summed E-state index contributed by atoms with van der Waals surface area (Å²) in [4.78, 5) is 38.2. The molecule has 2 aromatic rings. The number of rotatable bonds is 4. The summed E-state index contributed by atoms with van der Waals surface area (Å²) in [7, 11) is 0. The van der Waals surface area contributed by atoms with Crippen LogP contribution in [0.2, 0.25) is 0 Å². The van der Waals surface area contributed by atoms with Gasteiger partial charge in [-0.3, -0.25) is 4.79 Å². The van der Waals surface area contributed by atoms with Gasteiger partial charge < -0.3 is 19.5 Å². The molecule has 1 N–H and O–H groups in total. The molecule has 1 saturated heterocycles. The van der Waals surface area contributed by atoms with Crippen molar-refractivity contribution < 1.29 is 22.7 Å². The zero-order chi connectivity index (χ0) is 22.8. The van der Waals surface area contributed by atoms with Gasteiger partial charge in [-0.25, -0.2) is 14.8 Å². The number of anilines is 1. The lowest BCUT2D eigenvalue weighted by Crippen LogP contribution is -2.54. The molecule has 3 heterocycles. The number of pyridine rings is 1. The number of carbonyl (C=O) groups excluding carboxylic acids is 1. The first kappa shape index (κ1) is 22.6. The first-order chi connectivity index (χ1) is 14.5. The summed E-state index contributed by atoms with van der Waals surface area (Å²) in [5.41, 5.74) is -1.29. The summed E-state index contributed by atoms with van der Waals surface area (Å²) in [6.45, 7) is 6.78. The van der Waals surface area contributed by atoms with Gasteiger partial charge >= 0.3 is 12.3 Å². The maximum atomic E-state index is 12.9. The number of ether oxygens (including phenoxy) is 1. The van der Waals surface area contributed by atoms with Crippen molar-refractivity contribution in [2.24, 2.45) is 0 Å². The molecule has 0 aromatic carbocycles. The van der Waals surface area contributed by atoms with Crippen molar-refractivity contribution in [1.29, 1.82) is 0 Å². The van der Waals surface area contributed by atoms with E-state index < -0.39 is 29.5 Å². The van der Waals surface area contributed by atoms with Gasteiger partial charge in [-0.1, -0.05) is 0 Å². The van der Waals surface area contributed by atoms with Crippen LogP contribution in [0, 0.1) is 6.92 Å². The molecule has 0 aliphatic carbocycles. The van der Waals surface area contributed by atoms with Gasteiger partial charge in [0.2, 0.25) is 5.95 Å². The Bertz CT molecular complexity index is 977. The fraction of sp³-hybridized carbons (Fsp3) is 0.500. The number of hydrogen-bond donors (Lipinski definition) is 1. The minimum Gasteiger partial charge on any atom is -0.446 e. The lowest BCUT2D eigenvalue weighted by Gasteiger charge is -2.39. The van der Waals surface area contributed by atoms with Crippen molar-refractivity contribution >= 4 is 12.0 Å². The molecular formula is C20H24F3N5O3. The number of piperazine rings is 1. The maximum absolute atomic E-state index is 12.9. The Balaban J connectivity index is 1.57.